The maximum absolute atomic E-state index is 11.2. The fourth-order valence-electron chi connectivity index (χ4n) is 3.19. The van der Waals surface area contributed by atoms with Crippen LogP contribution in [0.2, 0.25) is 0 Å². The van der Waals surface area contributed by atoms with Crippen LogP contribution >= 0.6 is 0 Å². The number of rotatable bonds is 5. The Morgan fingerprint density at radius 2 is 2.16 bits per heavy atom. The summed E-state index contributed by atoms with van der Waals surface area (Å²) in [6.07, 6.45) is 1.54. The van der Waals surface area contributed by atoms with E-state index < -0.39 is 10.9 Å². The van der Waals surface area contributed by atoms with Gasteiger partial charge in [0.1, 0.15) is 11.5 Å². The second-order valence-corrected chi connectivity index (χ2v) is 6.46. The van der Waals surface area contributed by atoms with Crippen molar-refractivity contribution in [2.45, 2.75) is 32.4 Å². The number of hydrogen-bond donors (Lipinski definition) is 1. The normalized spacial score (nSPS) is 21.2. The Balaban J connectivity index is 1.74. The highest BCUT2D eigenvalue weighted by Crippen LogP contribution is 2.28. The van der Waals surface area contributed by atoms with Crippen molar-refractivity contribution >= 4 is 11.7 Å². The van der Waals surface area contributed by atoms with Gasteiger partial charge in [-0.2, -0.15) is 0 Å². The zero-order valence-corrected chi connectivity index (χ0v) is 13.9. The van der Waals surface area contributed by atoms with Crippen LogP contribution in [0.25, 0.3) is 11.3 Å². The molecule has 1 fully saturated rings. The second kappa shape index (κ2) is 7.06. The predicted octanol–water partition coefficient (Wildman–Crippen LogP) is 3.54. The van der Waals surface area contributed by atoms with Gasteiger partial charge in [-0.25, -0.2) is 0 Å². The smallest absolute Gasteiger partial charge is 0.307 e. The SMILES string of the molecule is CC1CCC(C(=O)O)CN1Cc1ccc(-c2cccc([N+](=O)[O-])c2)o1. The lowest BCUT2D eigenvalue weighted by Gasteiger charge is -2.35. The van der Waals surface area contributed by atoms with E-state index in [0.29, 0.717) is 36.9 Å². The van der Waals surface area contributed by atoms with Crippen molar-refractivity contribution in [3.05, 3.63) is 52.3 Å². The highest BCUT2D eigenvalue weighted by atomic mass is 16.6. The minimum atomic E-state index is -0.756. The molecule has 7 heteroatoms. The summed E-state index contributed by atoms with van der Waals surface area (Å²) < 4.78 is 5.84. The van der Waals surface area contributed by atoms with Gasteiger partial charge in [0.05, 0.1) is 17.4 Å². The number of likely N-dealkylation sites (tertiary alicyclic amines) is 1. The second-order valence-electron chi connectivity index (χ2n) is 6.46. The van der Waals surface area contributed by atoms with Gasteiger partial charge in [0.15, 0.2) is 0 Å². The van der Waals surface area contributed by atoms with Crippen molar-refractivity contribution in [3.8, 4) is 11.3 Å². The van der Waals surface area contributed by atoms with Gasteiger partial charge in [-0.05, 0) is 31.9 Å². The van der Waals surface area contributed by atoms with E-state index in [9.17, 15) is 20.0 Å². The van der Waals surface area contributed by atoms with Gasteiger partial charge in [-0.15, -0.1) is 0 Å². The molecule has 0 spiro atoms. The Hall–Kier alpha value is -2.67. The molecule has 0 radical (unpaired) electrons. The fourth-order valence-corrected chi connectivity index (χ4v) is 3.19. The van der Waals surface area contributed by atoms with Gasteiger partial charge in [0.25, 0.3) is 5.69 Å². The Bertz CT molecular complexity index is 785. The molecule has 2 heterocycles. The quantitative estimate of drug-likeness (QED) is 0.658. The van der Waals surface area contributed by atoms with Gasteiger partial charge >= 0.3 is 5.97 Å². The van der Waals surface area contributed by atoms with Gasteiger partial charge in [-0.1, -0.05) is 12.1 Å². The van der Waals surface area contributed by atoms with E-state index >= 15 is 0 Å². The topological polar surface area (TPSA) is 96.8 Å². The van der Waals surface area contributed by atoms with Crippen LogP contribution in [0.5, 0.6) is 0 Å². The number of carboxylic acid groups (broad SMARTS) is 1. The van der Waals surface area contributed by atoms with Crippen molar-refractivity contribution in [2.75, 3.05) is 6.54 Å². The van der Waals surface area contributed by atoms with Crippen molar-refractivity contribution in [2.24, 2.45) is 5.92 Å². The third-order valence-corrected chi connectivity index (χ3v) is 4.72. The maximum Gasteiger partial charge on any atom is 0.307 e. The lowest BCUT2D eigenvalue weighted by atomic mass is 9.93. The first-order valence-electron chi connectivity index (χ1n) is 8.24. The first-order valence-corrected chi connectivity index (χ1v) is 8.24. The highest BCUT2D eigenvalue weighted by Gasteiger charge is 2.30. The summed E-state index contributed by atoms with van der Waals surface area (Å²) >= 11 is 0. The predicted molar refractivity (Wildman–Crippen MR) is 91.0 cm³/mol. The monoisotopic (exact) mass is 344 g/mol. The molecular formula is C18H20N2O5. The van der Waals surface area contributed by atoms with Crippen molar-refractivity contribution in [1.82, 2.24) is 4.90 Å². The molecule has 2 aromatic rings. The van der Waals surface area contributed by atoms with E-state index in [1.165, 1.54) is 12.1 Å². The maximum atomic E-state index is 11.2. The number of nitro groups is 1. The van der Waals surface area contributed by atoms with Crippen LogP contribution in [0.3, 0.4) is 0 Å². The largest absolute Gasteiger partial charge is 0.481 e. The van der Waals surface area contributed by atoms with Crippen LogP contribution < -0.4 is 0 Å². The average Bonchev–Trinajstić information content (AvgIpc) is 3.05. The zero-order chi connectivity index (χ0) is 18.0. The summed E-state index contributed by atoms with van der Waals surface area (Å²) in [6.45, 7) is 3.12. The minimum absolute atomic E-state index is 0.0180. The summed E-state index contributed by atoms with van der Waals surface area (Å²) in [5.41, 5.74) is 0.667. The van der Waals surface area contributed by atoms with Crippen molar-refractivity contribution in [1.29, 1.82) is 0 Å². The molecule has 1 aromatic carbocycles. The Labute approximate surface area is 145 Å². The lowest BCUT2D eigenvalue weighted by Crippen LogP contribution is -2.43. The number of benzene rings is 1. The first-order chi connectivity index (χ1) is 11.9. The summed E-state index contributed by atoms with van der Waals surface area (Å²) in [7, 11) is 0. The molecule has 1 N–H and O–H groups in total. The number of aliphatic carboxylic acids is 1. The molecule has 7 nitrogen and oxygen atoms in total. The third-order valence-electron chi connectivity index (χ3n) is 4.72. The lowest BCUT2D eigenvalue weighted by molar-refractivity contribution is -0.384. The number of nitro benzene ring substituents is 1. The molecule has 25 heavy (non-hydrogen) atoms. The molecule has 1 saturated heterocycles. The van der Waals surface area contributed by atoms with E-state index in [0.717, 1.165) is 12.2 Å². The van der Waals surface area contributed by atoms with Crippen LogP contribution in [0, 0.1) is 16.0 Å². The highest BCUT2D eigenvalue weighted by molar-refractivity contribution is 5.70. The molecule has 1 aliphatic heterocycles. The summed E-state index contributed by atoms with van der Waals surface area (Å²) in [5, 5.41) is 20.1. The Morgan fingerprint density at radius 1 is 1.36 bits per heavy atom. The average molecular weight is 344 g/mol. The molecule has 1 aromatic heterocycles. The summed E-state index contributed by atoms with van der Waals surface area (Å²) in [5.74, 6) is 0.188. The number of carbonyl (C=O) groups is 1. The van der Waals surface area contributed by atoms with Crippen LogP contribution in [0.15, 0.2) is 40.8 Å². The molecule has 3 rings (SSSR count). The van der Waals surface area contributed by atoms with Gasteiger partial charge in [0, 0.05) is 30.3 Å². The van der Waals surface area contributed by atoms with Crippen LogP contribution in [0.1, 0.15) is 25.5 Å². The van der Waals surface area contributed by atoms with E-state index in [1.54, 1.807) is 18.2 Å². The molecular weight excluding hydrogens is 324 g/mol. The molecule has 1 aliphatic rings. The van der Waals surface area contributed by atoms with Gasteiger partial charge in [0.2, 0.25) is 0 Å². The standard InChI is InChI=1S/C18H20N2O5/c1-12-5-6-14(18(21)22)10-19(12)11-16-7-8-17(25-16)13-3-2-4-15(9-13)20(23)24/h2-4,7-9,12,14H,5-6,10-11H2,1H3,(H,21,22). The number of piperidine rings is 1. The van der Waals surface area contributed by atoms with E-state index in [2.05, 4.69) is 11.8 Å². The van der Waals surface area contributed by atoms with Gasteiger partial charge in [-0.3, -0.25) is 19.8 Å². The molecule has 0 amide bonds. The number of non-ortho nitro benzene ring substituents is 1. The van der Waals surface area contributed by atoms with Gasteiger partial charge < -0.3 is 9.52 Å². The fraction of sp³-hybridized carbons (Fsp3) is 0.389. The molecule has 0 saturated carbocycles. The van der Waals surface area contributed by atoms with Crippen molar-refractivity contribution in [3.63, 3.8) is 0 Å². The molecule has 2 unspecified atom stereocenters. The van der Waals surface area contributed by atoms with Crippen LogP contribution in [0.4, 0.5) is 5.69 Å². The summed E-state index contributed by atoms with van der Waals surface area (Å²) in [4.78, 5) is 23.8. The number of carboxylic acids is 1. The third kappa shape index (κ3) is 3.88. The minimum Gasteiger partial charge on any atom is -0.481 e. The number of nitrogens with zero attached hydrogens (tertiary/aromatic N) is 2. The number of hydrogen-bond acceptors (Lipinski definition) is 5. The number of furan rings is 1. The molecule has 0 bridgehead atoms. The van der Waals surface area contributed by atoms with Crippen molar-refractivity contribution < 1.29 is 19.2 Å². The Morgan fingerprint density at radius 3 is 2.88 bits per heavy atom. The molecule has 2 atom stereocenters. The van der Waals surface area contributed by atoms with Crippen LogP contribution in [-0.2, 0) is 11.3 Å². The summed E-state index contributed by atoms with van der Waals surface area (Å²) in [6, 6.07) is 10.2. The molecule has 0 aliphatic carbocycles. The molecule has 132 valence electrons. The first kappa shape index (κ1) is 17.2. The Kier molecular flexibility index (Phi) is 4.85. The van der Waals surface area contributed by atoms with Crippen LogP contribution in [-0.4, -0.2) is 33.5 Å². The zero-order valence-electron chi connectivity index (χ0n) is 13.9. The van der Waals surface area contributed by atoms with E-state index in [-0.39, 0.29) is 11.6 Å². The van der Waals surface area contributed by atoms with E-state index in [1.807, 2.05) is 6.07 Å². The van der Waals surface area contributed by atoms with E-state index in [4.69, 9.17) is 4.42 Å².